The molecule has 0 aliphatic heterocycles. The number of hydrogen-bond acceptors (Lipinski definition) is 0. The van der Waals surface area contributed by atoms with Crippen molar-refractivity contribution in [3.63, 3.8) is 0 Å². The summed E-state index contributed by atoms with van der Waals surface area (Å²) in [6.45, 7) is 10.5. The molecule has 1 heteroatoms. The van der Waals surface area contributed by atoms with E-state index in [1.54, 1.807) is 6.92 Å². The molecular weight excluding hydrogens is 149 g/mol. The fourth-order valence-electron chi connectivity index (χ4n) is 0. The molecule has 0 fully saturated rings. The van der Waals surface area contributed by atoms with E-state index in [0.29, 0.717) is 0 Å². The van der Waals surface area contributed by atoms with Crippen LogP contribution in [0.15, 0.2) is 0 Å². The zero-order valence-corrected chi connectivity index (χ0v) is 7.54. The van der Waals surface area contributed by atoms with Gasteiger partial charge in [0, 0.05) is 0 Å². The Bertz CT molecular complexity index is 3.90. The van der Waals surface area contributed by atoms with E-state index in [4.69, 9.17) is 0 Å². The van der Waals surface area contributed by atoms with Crippen molar-refractivity contribution in [1.29, 1.82) is 0 Å². The van der Waals surface area contributed by atoms with Crippen molar-refractivity contribution in [3.05, 3.63) is 13.8 Å². The standard InChI is InChI=1S/C3H7.C2H5.Y/c1-3-2;1-2;/h1,3H2,2H3;1H2,2H3;/q2*-1;+3. The topological polar surface area (TPSA) is 0 Å². The molecule has 0 N–H and O–H groups in total. The summed E-state index contributed by atoms with van der Waals surface area (Å²) >= 11 is 0. The van der Waals surface area contributed by atoms with Crippen LogP contribution < -0.4 is 0 Å². The third kappa shape index (κ3) is 70.5. The van der Waals surface area contributed by atoms with Gasteiger partial charge in [-0.1, -0.05) is 6.92 Å². The Morgan fingerprint density at radius 3 is 1.33 bits per heavy atom. The van der Waals surface area contributed by atoms with Crippen molar-refractivity contribution in [3.8, 4) is 0 Å². The van der Waals surface area contributed by atoms with E-state index in [2.05, 4.69) is 13.8 Å². The minimum absolute atomic E-state index is 0. The Morgan fingerprint density at radius 2 is 1.33 bits per heavy atom. The number of rotatable bonds is 0. The first kappa shape index (κ1) is 15.7. The summed E-state index contributed by atoms with van der Waals surface area (Å²) in [5.74, 6) is 0. The van der Waals surface area contributed by atoms with Gasteiger partial charge in [0.05, 0.1) is 0 Å². The first-order valence-corrected chi connectivity index (χ1v) is 1.91. The van der Waals surface area contributed by atoms with Gasteiger partial charge >= 0.3 is 32.7 Å². The molecule has 34 valence electrons. The predicted octanol–water partition coefficient (Wildman–Crippen LogP) is 2.07. The van der Waals surface area contributed by atoms with E-state index in [1.807, 2.05) is 6.92 Å². The van der Waals surface area contributed by atoms with Crippen LogP contribution in [0.2, 0.25) is 0 Å². The summed E-state index contributed by atoms with van der Waals surface area (Å²) in [7, 11) is 0. The van der Waals surface area contributed by atoms with Gasteiger partial charge in [-0.15, -0.1) is 0 Å². The molecule has 0 saturated carbocycles. The van der Waals surface area contributed by atoms with Gasteiger partial charge in [-0.2, -0.15) is 13.3 Å². The second kappa shape index (κ2) is 35.9. The second-order valence-corrected chi connectivity index (χ2v) is 0.500. The van der Waals surface area contributed by atoms with Crippen molar-refractivity contribution in [2.45, 2.75) is 20.3 Å². The van der Waals surface area contributed by atoms with E-state index in [0.717, 1.165) is 6.42 Å². The summed E-state index contributed by atoms with van der Waals surface area (Å²) in [6, 6.07) is 0. The summed E-state index contributed by atoms with van der Waals surface area (Å²) in [4.78, 5) is 0. The summed E-state index contributed by atoms with van der Waals surface area (Å²) in [5, 5.41) is 0. The molecule has 0 aromatic rings. The van der Waals surface area contributed by atoms with E-state index >= 15 is 0 Å². The maximum Gasteiger partial charge on any atom is 3.00 e. The van der Waals surface area contributed by atoms with Crippen LogP contribution in [0.5, 0.6) is 0 Å². The van der Waals surface area contributed by atoms with Gasteiger partial charge in [0.1, 0.15) is 0 Å². The first-order chi connectivity index (χ1) is 2.41. The van der Waals surface area contributed by atoms with Crippen LogP contribution in [0, 0.1) is 13.8 Å². The van der Waals surface area contributed by atoms with Gasteiger partial charge in [-0.05, 0) is 0 Å². The average molecular weight is 161 g/mol. The largest absolute Gasteiger partial charge is 3.00 e. The molecule has 0 unspecified atom stereocenters. The molecule has 0 saturated heterocycles. The number of hydrogen-bond donors (Lipinski definition) is 0. The van der Waals surface area contributed by atoms with Crippen molar-refractivity contribution in [1.82, 2.24) is 0 Å². The second-order valence-electron chi connectivity index (χ2n) is 0.500. The minimum atomic E-state index is 0. The monoisotopic (exact) mass is 161 g/mol. The summed E-state index contributed by atoms with van der Waals surface area (Å²) in [6.07, 6.45) is 1.00. The van der Waals surface area contributed by atoms with Crippen molar-refractivity contribution in [2.24, 2.45) is 0 Å². The first-order valence-electron chi connectivity index (χ1n) is 1.91. The summed E-state index contributed by atoms with van der Waals surface area (Å²) in [5.41, 5.74) is 0. The van der Waals surface area contributed by atoms with Crippen molar-refractivity contribution < 1.29 is 32.7 Å². The molecule has 0 amide bonds. The van der Waals surface area contributed by atoms with Crippen LogP contribution in [-0.2, 0) is 32.7 Å². The molecule has 0 nitrogen and oxygen atoms in total. The van der Waals surface area contributed by atoms with Crippen LogP contribution in [0.25, 0.3) is 0 Å². The zero-order chi connectivity index (χ0) is 4.71. The Labute approximate surface area is 66.6 Å². The van der Waals surface area contributed by atoms with Gasteiger partial charge in [0.15, 0.2) is 0 Å². The van der Waals surface area contributed by atoms with Gasteiger partial charge in [-0.3, -0.25) is 0 Å². The van der Waals surface area contributed by atoms with Gasteiger partial charge in [0.25, 0.3) is 0 Å². The molecule has 0 atom stereocenters. The maximum absolute atomic E-state index is 3.49. The van der Waals surface area contributed by atoms with Crippen molar-refractivity contribution >= 4 is 0 Å². The molecule has 0 aromatic heterocycles. The van der Waals surface area contributed by atoms with Crippen LogP contribution in [0.1, 0.15) is 20.3 Å². The zero-order valence-electron chi connectivity index (χ0n) is 4.70. The fraction of sp³-hybridized carbons (Fsp3) is 0.600. The summed E-state index contributed by atoms with van der Waals surface area (Å²) < 4.78 is 0. The molecule has 0 radical (unpaired) electrons. The molecular formula is C5H12Y+. The van der Waals surface area contributed by atoms with E-state index in [-0.39, 0.29) is 32.7 Å². The molecule has 0 aromatic carbocycles. The Hall–Kier alpha value is 1.10. The molecule has 6 heavy (non-hydrogen) atoms. The third-order valence-electron chi connectivity index (χ3n) is 0. The van der Waals surface area contributed by atoms with Crippen LogP contribution in [-0.4, -0.2) is 0 Å². The van der Waals surface area contributed by atoms with Crippen LogP contribution in [0.4, 0.5) is 0 Å². The fourth-order valence-corrected chi connectivity index (χ4v) is 0. The molecule has 0 bridgehead atoms. The van der Waals surface area contributed by atoms with Crippen molar-refractivity contribution in [2.75, 3.05) is 0 Å². The SMILES string of the molecule is [CH2-]C.[CH2-]CC.[Y+3]. The molecule has 0 heterocycles. The Balaban J connectivity index is -0.0000000275. The molecule has 0 aliphatic carbocycles. The third-order valence-corrected chi connectivity index (χ3v) is 0. The van der Waals surface area contributed by atoms with Crippen LogP contribution in [0.3, 0.4) is 0 Å². The predicted molar refractivity (Wildman–Crippen MR) is 26.7 cm³/mol. The average Bonchev–Trinajstić information content (AvgIpc) is 1.46. The molecule has 0 rings (SSSR count). The van der Waals surface area contributed by atoms with Gasteiger partial charge in [-0.25, -0.2) is 0 Å². The van der Waals surface area contributed by atoms with E-state index < -0.39 is 0 Å². The van der Waals surface area contributed by atoms with Gasteiger partial charge < -0.3 is 13.8 Å². The quantitative estimate of drug-likeness (QED) is 0.477. The van der Waals surface area contributed by atoms with E-state index in [9.17, 15) is 0 Å². The smallest absolute Gasteiger partial charge is 0.346 e. The normalized spacial score (nSPS) is 4.00. The Kier molecular flexibility index (Phi) is 94.1. The Morgan fingerprint density at radius 1 is 1.33 bits per heavy atom. The minimum Gasteiger partial charge on any atom is -0.346 e. The molecule has 0 aliphatic rings. The van der Waals surface area contributed by atoms with E-state index in [1.165, 1.54) is 0 Å². The molecule has 0 spiro atoms. The van der Waals surface area contributed by atoms with Gasteiger partial charge in [0.2, 0.25) is 0 Å². The van der Waals surface area contributed by atoms with Crippen LogP contribution >= 0.6 is 0 Å². The maximum atomic E-state index is 3.49.